The van der Waals surface area contributed by atoms with E-state index in [0.717, 1.165) is 23.1 Å². The molecule has 1 N–H and O–H groups in total. The van der Waals surface area contributed by atoms with Crippen molar-refractivity contribution in [1.29, 1.82) is 0 Å². The number of aromatic nitrogens is 1. The van der Waals surface area contributed by atoms with E-state index < -0.39 is 0 Å². The molecule has 0 bridgehead atoms. The van der Waals surface area contributed by atoms with Gasteiger partial charge in [-0.1, -0.05) is 24.3 Å². The molecule has 0 aliphatic heterocycles. The van der Waals surface area contributed by atoms with Crippen molar-refractivity contribution in [2.24, 2.45) is 0 Å². The molecule has 0 radical (unpaired) electrons. The highest BCUT2D eigenvalue weighted by Gasteiger charge is 2.13. The third-order valence-electron chi connectivity index (χ3n) is 4.93. The highest BCUT2D eigenvalue weighted by atomic mass is 16.2. The second-order valence-electron chi connectivity index (χ2n) is 7.02. The molecule has 0 aliphatic carbocycles. The fourth-order valence-electron chi connectivity index (χ4n) is 3.02. The summed E-state index contributed by atoms with van der Waals surface area (Å²) in [7, 11) is 1.78. The number of pyridine rings is 1. The van der Waals surface area contributed by atoms with Crippen molar-refractivity contribution >= 4 is 11.8 Å². The number of rotatable bonds is 7. The summed E-state index contributed by atoms with van der Waals surface area (Å²) in [6.45, 7) is 3.11. The zero-order valence-electron chi connectivity index (χ0n) is 16.8. The molecule has 3 aromatic rings. The number of nitrogens with zero attached hydrogens (tertiary/aromatic N) is 2. The highest BCUT2D eigenvalue weighted by Crippen LogP contribution is 2.10. The fraction of sp³-hybridized carbons (Fsp3) is 0.208. The zero-order chi connectivity index (χ0) is 20.6. The van der Waals surface area contributed by atoms with Gasteiger partial charge in [-0.15, -0.1) is 0 Å². The summed E-state index contributed by atoms with van der Waals surface area (Å²) in [5, 5.41) is 2.93. The maximum atomic E-state index is 12.6. The standard InChI is InChI=1S/C24H25N3O2/c1-18-5-3-4-6-22(18)17-26-23(28)20-7-9-21(10-8-20)24(29)27(2)16-13-19-11-14-25-15-12-19/h3-12,14-15H,13,16-17H2,1-2H3,(H,26,28). The van der Waals surface area contributed by atoms with E-state index in [9.17, 15) is 9.59 Å². The van der Waals surface area contributed by atoms with Crippen LogP contribution in [0.1, 0.15) is 37.4 Å². The van der Waals surface area contributed by atoms with Crippen molar-refractivity contribution in [3.63, 3.8) is 0 Å². The minimum atomic E-state index is -0.154. The molecule has 5 heteroatoms. The second-order valence-corrected chi connectivity index (χ2v) is 7.02. The van der Waals surface area contributed by atoms with Gasteiger partial charge in [-0.2, -0.15) is 0 Å². The molecule has 0 unspecified atom stereocenters. The van der Waals surface area contributed by atoms with Crippen LogP contribution in [0.15, 0.2) is 73.1 Å². The average Bonchev–Trinajstić information content (AvgIpc) is 2.77. The van der Waals surface area contributed by atoms with Gasteiger partial charge in [0, 0.05) is 43.7 Å². The van der Waals surface area contributed by atoms with Crippen LogP contribution in [0.4, 0.5) is 0 Å². The number of nitrogens with one attached hydrogen (secondary N) is 1. The van der Waals surface area contributed by atoms with E-state index in [1.807, 2.05) is 43.3 Å². The summed E-state index contributed by atoms with van der Waals surface area (Å²) in [6, 6.07) is 18.6. The van der Waals surface area contributed by atoms with Crippen LogP contribution in [0.25, 0.3) is 0 Å². The third kappa shape index (κ3) is 5.51. The molecule has 1 heterocycles. The summed E-state index contributed by atoms with van der Waals surface area (Å²) in [5.74, 6) is -0.218. The Morgan fingerprint density at radius 1 is 0.931 bits per heavy atom. The first-order valence-electron chi connectivity index (χ1n) is 9.62. The van der Waals surface area contributed by atoms with Gasteiger partial charge < -0.3 is 10.2 Å². The van der Waals surface area contributed by atoms with Gasteiger partial charge in [-0.3, -0.25) is 14.6 Å². The van der Waals surface area contributed by atoms with Crippen LogP contribution >= 0.6 is 0 Å². The largest absolute Gasteiger partial charge is 0.348 e. The lowest BCUT2D eigenvalue weighted by Crippen LogP contribution is -2.29. The van der Waals surface area contributed by atoms with Crippen LogP contribution in [-0.2, 0) is 13.0 Å². The smallest absolute Gasteiger partial charge is 0.253 e. The topological polar surface area (TPSA) is 62.3 Å². The van der Waals surface area contributed by atoms with Gasteiger partial charge in [-0.05, 0) is 66.4 Å². The van der Waals surface area contributed by atoms with Crippen LogP contribution in [-0.4, -0.2) is 35.3 Å². The Morgan fingerprint density at radius 2 is 1.59 bits per heavy atom. The Hall–Kier alpha value is -3.47. The molecule has 5 nitrogen and oxygen atoms in total. The predicted octanol–water partition coefficient (Wildman–Crippen LogP) is 3.63. The average molecular weight is 387 g/mol. The molecule has 0 fully saturated rings. The molecule has 0 saturated carbocycles. The first-order chi connectivity index (χ1) is 14.0. The molecule has 0 atom stereocenters. The Morgan fingerprint density at radius 3 is 2.28 bits per heavy atom. The SMILES string of the molecule is Cc1ccccc1CNC(=O)c1ccc(C(=O)N(C)CCc2ccncc2)cc1. The van der Waals surface area contributed by atoms with Gasteiger partial charge in [0.1, 0.15) is 0 Å². The van der Waals surface area contributed by atoms with Gasteiger partial charge in [-0.25, -0.2) is 0 Å². The van der Waals surface area contributed by atoms with Crippen molar-refractivity contribution in [2.45, 2.75) is 19.9 Å². The summed E-state index contributed by atoms with van der Waals surface area (Å²) in [4.78, 5) is 30.7. The first-order valence-corrected chi connectivity index (χ1v) is 9.62. The number of carbonyl (C=O) groups is 2. The van der Waals surface area contributed by atoms with Crippen LogP contribution < -0.4 is 5.32 Å². The molecule has 1 aromatic heterocycles. The Bertz CT molecular complexity index is 969. The first kappa shape index (κ1) is 20.3. The normalized spacial score (nSPS) is 10.4. The number of aryl methyl sites for hydroxylation is 1. The van der Waals surface area contributed by atoms with E-state index in [2.05, 4.69) is 10.3 Å². The minimum absolute atomic E-state index is 0.0640. The van der Waals surface area contributed by atoms with E-state index in [-0.39, 0.29) is 11.8 Å². The van der Waals surface area contributed by atoms with Crippen molar-refractivity contribution in [1.82, 2.24) is 15.2 Å². The van der Waals surface area contributed by atoms with Gasteiger partial charge in [0.15, 0.2) is 0 Å². The predicted molar refractivity (Wildman–Crippen MR) is 114 cm³/mol. The van der Waals surface area contributed by atoms with Gasteiger partial charge in [0.25, 0.3) is 11.8 Å². The van der Waals surface area contributed by atoms with Crippen molar-refractivity contribution < 1.29 is 9.59 Å². The van der Waals surface area contributed by atoms with E-state index in [0.29, 0.717) is 24.2 Å². The fourth-order valence-corrected chi connectivity index (χ4v) is 3.02. The minimum Gasteiger partial charge on any atom is -0.348 e. The molecule has 0 saturated heterocycles. The molecular weight excluding hydrogens is 362 g/mol. The van der Waals surface area contributed by atoms with Gasteiger partial charge >= 0.3 is 0 Å². The molecular formula is C24H25N3O2. The molecule has 148 valence electrons. The van der Waals surface area contributed by atoms with Crippen molar-refractivity contribution in [3.8, 4) is 0 Å². The van der Waals surface area contributed by atoms with Crippen LogP contribution in [0.3, 0.4) is 0 Å². The van der Waals surface area contributed by atoms with Crippen LogP contribution in [0.2, 0.25) is 0 Å². The summed E-state index contributed by atoms with van der Waals surface area (Å²) in [5.41, 5.74) is 4.47. The van der Waals surface area contributed by atoms with E-state index >= 15 is 0 Å². The lowest BCUT2D eigenvalue weighted by atomic mass is 10.1. The zero-order valence-corrected chi connectivity index (χ0v) is 16.8. The monoisotopic (exact) mass is 387 g/mol. The third-order valence-corrected chi connectivity index (χ3v) is 4.93. The molecule has 0 spiro atoms. The molecule has 3 rings (SSSR count). The maximum Gasteiger partial charge on any atom is 0.253 e. The van der Waals surface area contributed by atoms with Crippen LogP contribution in [0.5, 0.6) is 0 Å². The van der Waals surface area contributed by atoms with E-state index in [4.69, 9.17) is 0 Å². The number of hydrogen-bond acceptors (Lipinski definition) is 3. The second kappa shape index (κ2) is 9.64. The maximum absolute atomic E-state index is 12.6. The van der Waals surface area contributed by atoms with Gasteiger partial charge in [0.05, 0.1) is 0 Å². The lowest BCUT2D eigenvalue weighted by molar-refractivity contribution is 0.0795. The van der Waals surface area contributed by atoms with Crippen molar-refractivity contribution in [2.75, 3.05) is 13.6 Å². The number of amides is 2. The molecule has 0 aliphatic rings. The number of benzene rings is 2. The van der Waals surface area contributed by atoms with Crippen molar-refractivity contribution in [3.05, 3.63) is 101 Å². The molecule has 2 amide bonds. The summed E-state index contributed by atoms with van der Waals surface area (Å²) >= 11 is 0. The van der Waals surface area contributed by atoms with Crippen LogP contribution in [0, 0.1) is 6.92 Å². The van der Waals surface area contributed by atoms with E-state index in [1.165, 1.54) is 0 Å². The number of hydrogen-bond donors (Lipinski definition) is 1. The van der Waals surface area contributed by atoms with Gasteiger partial charge in [0.2, 0.25) is 0 Å². The molecule has 29 heavy (non-hydrogen) atoms. The Balaban J connectivity index is 1.55. The highest BCUT2D eigenvalue weighted by molar-refractivity contribution is 5.97. The lowest BCUT2D eigenvalue weighted by Gasteiger charge is -2.17. The Labute approximate surface area is 171 Å². The number of carbonyl (C=O) groups excluding carboxylic acids is 2. The molecule has 2 aromatic carbocycles. The summed E-state index contributed by atoms with van der Waals surface area (Å²) < 4.78 is 0. The quantitative estimate of drug-likeness (QED) is 0.673. The number of likely N-dealkylation sites (N-methyl/N-ethyl adjacent to an activating group) is 1. The van der Waals surface area contributed by atoms with E-state index in [1.54, 1.807) is 48.6 Å². The Kier molecular flexibility index (Phi) is 6.74. The summed E-state index contributed by atoms with van der Waals surface area (Å²) in [6.07, 6.45) is 4.27.